The molecule has 0 spiro atoms. The summed E-state index contributed by atoms with van der Waals surface area (Å²) in [5, 5.41) is 5.67. The number of carbonyl (C=O) groups excluding carboxylic acids is 3. The van der Waals surface area contributed by atoms with Gasteiger partial charge in [0.05, 0.1) is 0 Å². The van der Waals surface area contributed by atoms with Gasteiger partial charge in [0.15, 0.2) is 0 Å². The summed E-state index contributed by atoms with van der Waals surface area (Å²) in [5.74, 6) is -0.519. The summed E-state index contributed by atoms with van der Waals surface area (Å²) in [7, 11) is 0. The number of hydrogen-bond donors (Lipinski definition) is 2. The summed E-state index contributed by atoms with van der Waals surface area (Å²) >= 11 is 0. The Balaban J connectivity index is 3.47. The minimum absolute atomic E-state index is 0.103. The van der Waals surface area contributed by atoms with Crippen LogP contribution in [0.15, 0.2) is 30.9 Å². The average Bonchev–Trinajstić information content (AvgIpc) is 2.66. The molecule has 2 atom stereocenters. The van der Waals surface area contributed by atoms with Crippen LogP contribution in [0.3, 0.4) is 0 Å². The third-order valence-corrected chi connectivity index (χ3v) is 5.14. The van der Waals surface area contributed by atoms with Crippen molar-refractivity contribution in [2.24, 2.45) is 5.92 Å². The Kier molecular flexibility index (Phi) is 10.8. The smallest absolute Gasteiger partial charge is 0.408 e. The van der Waals surface area contributed by atoms with Crippen molar-refractivity contribution in [3.8, 4) is 0 Å². The van der Waals surface area contributed by atoms with Crippen molar-refractivity contribution in [2.75, 3.05) is 6.54 Å². The minimum atomic E-state index is -0.873. The molecule has 1 aromatic carbocycles. The molecule has 2 N–H and O–H groups in total. The Hall–Kier alpha value is -2.83. The number of alkyl carbamates (subject to hydrolysis) is 1. The Morgan fingerprint density at radius 2 is 1.68 bits per heavy atom. The second-order valence-electron chi connectivity index (χ2n) is 10.5. The predicted molar refractivity (Wildman–Crippen MR) is 136 cm³/mol. The second-order valence-corrected chi connectivity index (χ2v) is 10.5. The van der Waals surface area contributed by atoms with Gasteiger partial charge in [-0.2, -0.15) is 0 Å². The molecule has 7 nitrogen and oxygen atoms in total. The summed E-state index contributed by atoms with van der Waals surface area (Å²) in [6.07, 6.45) is 1.32. The van der Waals surface area contributed by atoms with E-state index in [9.17, 15) is 14.4 Å². The van der Waals surface area contributed by atoms with E-state index < -0.39 is 23.8 Å². The minimum Gasteiger partial charge on any atom is -0.444 e. The molecule has 0 aliphatic carbocycles. The fourth-order valence-corrected chi connectivity index (χ4v) is 3.58. The molecule has 2 unspecified atom stereocenters. The molecule has 0 fully saturated rings. The van der Waals surface area contributed by atoms with E-state index in [0.29, 0.717) is 12.0 Å². The van der Waals surface area contributed by atoms with E-state index in [2.05, 4.69) is 17.2 Å². The molecule has 0 bridgehead atoms. The van der Waals surface area contributed by atoms with Crippen LogP contribution in [0, 0.1) is 19.8 Å². The van der Waals surface area contributed by atoms with Gasteiger partial charge in [0, 0.05) is 12.6 Å². The molecule has 0 saturated carbocycles. The maximum absolute atomic E-state index is 13.9. The Morgan fingerprint density at radius 3 is 2.15 bits per heavy atom. The van der Waals surface area contributed by atoms with E-state index in [1.807, 2.05) is 59.7 Å². The summed E-state index contributed by atoms with van der Waals surface area (Å²) in [6.45, 7) is 20.9. The molecule has 0 aliphatic rings. The van der Waals surface area contributed by atoms with E-state index in [0.717, 1.165) is 11.1 Å². The predicted octanol–water partition coefficient (Wildman–Crippen LogP) is 4.82. The normalized spacial score (nSPS) is 13.3. The van der Waals surface area contributed by atoms with Crippen molar-refractivity contribution >= 4 is 17.9 Å². The zero-order valence-corrected chi connectivity index (χ0v) is 22.3. The largest absolute Gasteiger partial charge is 0.444 e. The van der Waals surface area contributed by atoms with Gasteiger partial charge in [0.25, 0.3) is 0 Å². The van der Waals surface area contributed by atoms with Gasteiger partial charge in [0.1, 0.15) is 17.7 Å². The number of nitrogens with zero attached hydrogens (tertiary/aromatic N) is 1. The summed E-state index contributed by atoms with van der Waals surface area (Å²) in [4.78, 5) is 41.2. The first-order chi connectivity index (χ1) is 15.7. The van der Waals surface area contributed by atoms with Crippen LogP contribution >= 0.6 is 0 Å². The third-order valence-electron chi connectivity index (χ3n) is 5.14. The number of ether oxygens (including phenoxy) is 1. The van der Waals surface area contributed by atoms with Crippen molar-refractivity contribution in [2.45, 2.75) is 92.5 Å². The van der Waals surface area contributed by atoms with Crippen molar-refractivity contribution in [3.63, 3.8) is 0 Å². The first-order valence-electron chi connectivity index (χ1n) is 11.9. The van der Waals surface area contributed by atoms with E-state index in [1.165, 1.54) is 4.90 Å². The van der Waals surface area contributed by atoms with E-state index in [4.69, 9.17) is 4.74 Å². The highest BCUT2D eigenvalue weighted by molar-refractivity contribution is 5.92. The molecule has 0 aromatic heterocycles. The Labute approximate surface area is 205 Å². The van der Waals surface area contributed by atoms with Crippen LogP contribution in [-0.4, -0.2) is 47.0 Å². The number of amides is 3. The lowest BCUT2D eigenvalue weighted by Crippen LogP contribution is -2.53. The van der Waals surface area contributed by atoms with Crippen LogP contribution in [0.1, 0.15) is 77.6 Å². The number of aryl methyl sites for hydroxylation is 2. The van der Waals surface area contributed by atoms with Gasteiger partial charge < -0.3 is 20.3 Å². The SMILES string of the molecule is C=CCN(C(=O)C(CC(C)C)NC(=O)OC(C)(C)C)C(C(=O)NC(C)C)c1ccc(C)c(C)c1. The molecule has 0 radical (unpaired) electrons. The Bertz CT molecular complexity index is 871. The number of hydrogen-bond acceptors (Lipinski definition) is 4. The van der Waals surface area contributed by atoms with Crippen LogP contribution in [0.2, 0.25) is 0 Å². The molecule has 0 saturated heterocycles. The highest BCUT2D eigenvalue weighted by Crippen LogP contribution is 2.26. The number of rotatable bonds is 10. The zero-order chi connectivity index (χ0) is 26.2. The number of carbonyl (C=O) groups is 3. The molecule has 1 aromatic rings. The molecule has 190 valence electrons. The average molecular weight is 474 g/mol. The van der Waals surface area contributed by atoms with Crippen LogP contribution in [0.25, 0.3) is 0 Å². The van der Waals surface area contributed by atoms with E-state index >= 15 is 0 Å². The third kappa shape index (κ3) is 9.20. The van der Waals surface area contributed by atoms with Crippen LogP contribution in [-0.2, 0) is 14.3 Å². The van der Waals surface area contributed by atoms with Crippen molar-refractivity contribution in [1.82, 2.24) is 15.5 Å². The quantitative estimate of drug-likeness (QED) is 0.477. The van der Waals surface area contributed by atoms with Crippen LogP contribution in [0.4, 0.5) is 4.79 Å². The maximum Gasteiger partial charge on any atom is 0.408 e. The fourth-order valence-electron chi connectivity index (χ4n) is 3.58. The number of benzene rings is 1. The van der Waals surface area contributed by atoms with E-state index in [1.54, 1.807) is 26.8 Å². The van der Waals surface area contributed by atoms with Crippen LogP contribution < -0.4 is 10.6 Å². The van der Waals surface area contributed by atoms with Gasteiger partial charge in [-0.25, -0.2) is 4.79 Å². The monoisotopic (exact) mass is 473 g/mol. The Morgan fingerprint density at radius 1 is 1.06 bits per heavy atom. The highest BCUT2D eigenvalue weighted by atomic mass is 16.6. The molecular formula is C27H43N3O4. The zero-order valence-electron chi connectivity index (χ0n) is 22.3. The standard InChI is InChI=1S/C27H43N3O4/c1-11-14-30(25(32)22(15-17(2)3)29-26(33)34-27(8,9)10)23(24(31)28-18(4)5)21-13-12-19(6)20(7)16-21/h11-13,16-18,22-23H,1,14-15H2,2-10H3,(H,28,31)(H,29,33). The van der Waals surface area contributed by atoms with Gasteiger partial charge in [0.2, 0.25) is 11.8 Å². The molecule has 1 rings (SSSR count). The van der Waals surface area contributed by atoms with Gasteiger partial charge in [-0.05, 0) is 77.5 Å². The fraction of sp³-hybridized carbons (Fsp3) is 0.593. The van der Waals surface area contributed by atoms with Crippen LogP contribution in [0.5, 0.6) is 0 Å². The van der Waals surface area contributed by atoms with Crippen molar-refractivity contribution < 1.29 is 19.1 Å². The topological polar surface area (TPSA) is 87.7 Å². The molecular weight excluding hydrogens is 430 g/mol. The number of nitrogens with one attached hydrogen (secondary N) is 2. The first kappa shape index (κ1) is 29.2. The van der Waals surface area contributed by atoms with Crippen molar-refractivity contribution in [3.05, 3.63) is 47.5 Å². The summed E-state index contributed by atoms with van der Waals surface area (Å²) < 4.78 is 5.39. The molecule has 3 amide bonds. The van der Waals surface area contributed by atoms with Gasteiger partial charge in [-0.3, -0.25) is 9.59 Å². The molecule has 0 aliphatic heterocycles. The maximum atomic E-state index is 13.9. The summed E-state index contributed by atoms with van der Waals surface area (Å²) in [5.41, 5.74) is 2.13. The molecule has 0 heterocycles. The lowest BCUT2D eigenvalue weighted by atomic mass is 9.96. The lowest BCUT2D eigenvalue weighted by molar-refractivity contribution is -0.142. The summed E-state index contributed by atoms with van der Waals surface area (Å²) in [6, 6.07) is 3.92. The van der Waals surface area contributed by atoms with Gasteiger partial charge in [-0.15, -0.1) is 6.58 Å². The van der Waals surface area contributed by atoms with Gasteiger partial charge in [-0.1, -0.05) is 38.1 Å². The molecule has 7 heteroatoms. The molecule has 34 heavy (non-hydrogen) atoms. The lowest BCUT2D eigenvalue weighted by Gasteiger charge is -2.34. The highest BCUT2D eigenvalue weighted by Gasteiger charge is 2.36. The second kappa shape index (κ2) is 12.6. The van der Waals surface area contributed by atoms with Crippen molar-refractivity contribution in [1.29, 1.82) is 0 Å². The first-order valence-corrected chi connectivity index (χ1v) is 11.9. The van der Waals surface area contributed by atoms with Gasteiger partial charge >= 0.3 is 6.09 Å². The van der Waals surface area contributed by atoms with E-state index in [-0.39, 0.29) is 30.3 Å².